The maximum atomic E-state index is 12.5. The number of halogens is 1. The van der Waals surface area contributed by atoms with Crippen molar-refractivity contribution in [3.63, 3.8) is 0 Å². The zero-order chi connectivity index (χ0) is 19.2. The van der Waals surface area contributed by atoms with E-state index in [1.807, 2.05) is 18.2 Å². The summed E-state index contributed by atoms with van der Waals surface area (Å²) < 4.78 is 26.3. The molecule has 2 aromatic rings. The molecule has 3 N–H and O–H groups in total. The molecule has 0 saturated carbocycles. The van der Waals surface area contributed by atoms with E-state index < -0.39 is 16.1 Å². The van der Waals surface area contributed by atoms with Gasteiger partial charge in [-0.2, -0.15) is 4.31 Å². The van der Waals surface area contributed by atoms with Gasteiger partial charge >= 0.3 is 0 Å². The van der Waals surface area contributed by atoms with Crippen molar-refractivity contribution in [3.05, 3.63) is 65.7 Å². The average Bonchev–Trinajstić information content (AvgIpc) is 2.67. The molecule has 148 valence electrons. The first-order valence-electron chi connectivity index (χ1n) is 8.57. The number of nitrogens with two attached hydrogens (primary N) is 1. The number of amides is 1. The standard InChI is InChI=1S/C19H25N3O3S.ClH/c1-3-22(4-2)26(24,25)17-12-10-15(11-13-17)14-21-19(23)18(20)16-8-6-5-7-9-16;/h5-13,18H,3-4,14,20H2,1-2H3,(H,21,23);1H. The zero-order valence-electron chi connectivity index (χ0n) is 15.5. The minimum Gasteiger partial charge on any atom is -0.350 e. The third-order valence-corrected chi connectivity index (χ3v) is 6.24. The van der Waals surface area contributed by atoms with Crippen molar-refractivity contribution in [1.29, 1.82) is 0 Å². The molecular formula is C19H26ClN3O3S. The Bertz CT molecular complexity index is 823. The molecule has 0 fully saturated rings. The lowest BCUT2D eigenvalue weighted by molar-refractivity contribution is -0.122. The van der Waals surface area contributed by atoms with Gasteiger partial charge in [0, 0.05) is 19.6 Å². The van der Waals surface area contributed by atoms with E-state index in [1.54, 1.807) is 50.2 Å². The van der Waals surface area contributed by atoms with Crippen LogP contribution in [0.2, 0.25) is 0 Å². The van der Waals surface area contributed by atoms with Crippen LogP contribution in [0.25, 0.3) is 0 Å². The molecule has 0 aliphatic rings. The van der Waals surface area contributed by atoms with E-state index in [0.717, 1.165) is 11.1 Å². The van der Waals surface area contributed by atoms with Crippen molar-refractivity contribution in [3.8, 4) is 0 Å². The van der Waals surface area contributed by atoms with Crippen LogP contribution in [0.1, 0.15) is 31.0 Å². The highest BCUT2D eigenvalue weighted by molar-refractivity contribution is 7.89. The van der Waals surface area contributed by atoms with Gasteiger partial charge in [-0.25, -0.2) is 8.42 Å². The molecule has 6 nitrogen and oxygen atoms in total. The molecule has 27 heavy (non-hydrogen) atoms. The summed E-state index contributed by atoms with van der Waals surface area (Å²) in [4.78, 5) is 12.4. The van der Waals surface area contributed by atoms with Gasteiger partial charge in [-0.1, -0.05) is 56.3 Å². The molecule has 2 rings (SSSR count). The normalized spacial score (nSPS) is 12.3. The summed E-state index contributed by atoms with van der Waals surface area (Å²) in [5.74, 6) is -0.281. The van der Waals surface area contributed by atoms with Crippen LogP contribution in [0.3, 0.4) is 0 Å². The van der Waals surface area contributed by atoms with Gasteiger partial charge in [0.2, 0.25) is 15.9 Å². The van der Waals surface area contributed by atoms with E-state index in [4.69, 9.17) is 5.73 Å². The van der Waals surface area contributed by atoms with Crippen molar-refractivity contribution in [1.82, 2.24) is 9.62 Å². The molecule has 0 spiro atoms. The topological polar surface area (TPSA) is 92.5 Å². The summed E-state index contributed by atoms with van der Waals surface area (Å²) >= 11 is 0. The summed E-state index contributed by atoms with van der Waals surface area (Å²) in [6.07, 6.45) is 0. The molecule has 1 atom stereocenters. The molecule has 0 bridgehead atoms. The molecule has 0 saturated heterocycles. The lowest BCUT2D eigenvalue weighted by Gasteiger charge is -2.18. The van der Waals surface area contributed by atoms with E-state index in [0.29, 0.717) is 13.1 Å². The quantitative estimate of drug-likeness (QED) is 0.697. The van der Waals surface area contributed by atoms with Crippen molar-refractivity contribution >= 4 is 28.3 Å². The third-order valence-electron chi connectivity index (χ3n) is 4.17. The van der Waals surface area contributed by atoms with Crippen molar-refractivity contribution in [2.75, 3.05) is 13.1 Å². The summed E-state index contributed by atoms with van der Waals surface area (Å²) in [5, 5.41) is 2.78. The fourth-order valence-corrected chi connectivity index (χ4v) is 4.06. The van der Waals surface area contributed by atoms with Gasteiger partial charge in [-0.3, -0.25) is 4.79 Å². The summed E-state index contributed by atoms with van der Waals surface area (Å²) in [7, 11) is -3.47. The second-order valence-electron chi connectivity index (χ2n) is 5.84. The monoisotopic (exact) mass is 411 g/mol. The van der Waals surface area contributed by atoms with E-state index in [-0.39, 0.29) is 29.8 Å². The van der Waals surface area contributed by atoms with Gasteiger partial charge < -0.3 is 11.1 Å². The largest absolute Gasteiger partial charge is 0.350 e. The predicted molar refractivity (Wildman–Crippen MR) is 109 cm³/mol. The fourth-order valence-electron chi connectivity index (χ4n) is 2.60. The molecular weight excluding hydrogens is 386 g/mol. The SMILES string of the molecule is CCN(CC)S(=O)(=O)c1ccc(CNC(=O)C(N)c2ccccc2)cc1.Cl. The third kappa shape index (κ3) is 5.77. The lowest BCUT2D eigenvalue weighted by atomic mass is 10.1. The van der Waals surface area contributed by atoms with Crippen LogP contribution in [0.5, 0.6) is 0 Å². The highest BCUT2D eigenvalue weighted by Crippen LogP contribution is 2.16. The van der Waals surface area contributed by atoms with Gasteiger partial charge in [0.1, 0.15) is 6.04 Å². The second-order valence-corrected chi connectivity index (χ2v) is 7.78. The van der Waals surface area contributed by atoms with E-state index in [1.165, 1.54) is 4.31 Å². The number of hydrogen-bond acceptors (Lipinski definition) is 4. The Labute approximate surface area is 167 Å². The number of rotatable bonds is 8. The average molecular weight is 412 g/mol. The maximum absolute atomic E-state index is 12.5. The minimum atomic E-state index is -3.47. The second kappa shape index (κ2) is 10.4. The van der Waals surface area contributed by atoms with Gasteiger partial charge in [-0.05, 0) is 23.3 Å². The smallest absolute Gasteiger partial charge is 0.243 e. The van der Waals surface area contributed by atoms with Crippen LogP contribution in [0.15, 0.2) is 59.5 Å². The number of carbonyl (C=O) groups is 1. The molecule has 0 heterocycles. The number of sulfonamides is 1. The van der Waals surface area contributed by atoms with Crippen LogP contribution >= 0.6 is 12.4 Å². The predicted octanol–water partition coefficient (Wildman–Crippen LogP) is 2.46. The molecule has 1 unspecified atom stereocenters. The van der Waals surface area contributed by atoms with Gasteiger partial charge in [-0.15, -0.1) is 12.4 Å². The van der Waals surface area contributed by atoms with Gasteiger partial charge in [0.05, 0.1) is 4.90 Å². The van der Waals surface area contributed by atoms with Crippen LogP contribution in [-0.2, 0) is 21.4 Å². The van der Waals surface area contributed by atoms with Crippen LogP contribution < -0.4 is 11.1 Å². The molecule has 2 aromatic carbocycles. The van der Waals surface area contributed by atoms with Gasteiger partial charge in [0.15, 0.2) is 0 Å². The van der Waals surface area contributed by atoms with Crippen molar-refractivity contribution in [2.24, 2.45) is 5.73 Å². The van der Waals surface area contributed by atoms with Crippen LogP contribution in [0.4, 0.5) is 0 Å². The Morgan fingerprint density at radius 3 is 2.11 bits per heavy atom. The van der Waals surface area contributed by atoms with Crippen molar-refractivity contribution < 1.29 is 13.2 Å². The van der Waals surface area contributed by atoms with Crippen LogP contribution in [0, 0.1) is 0 Å². The van der Waals surface area contributed by atoms with Gasteiger partial charge in [0.25, 0.3) is 0 Å². The zero-order valence-corrected chi connectivity index (χ0v) is 17.1. The highest BCUT2D eigenvalue weighted by Gasteiger charge is 2.21. The van der Waals surface area contributed by atoms with Crippen LogP contribution in [-0.4, -0.2) is 31.7 Å². The number of carbonyl (C=O) groups excluding carboxylic acids is 1. The maximum Gasteiger partial charge on any atom is 0.243 e. The summed E-state index contributed by atoms with van der Waals surface area (Å²) in [6.45, 7) is 4.74. The number of benzene rings is 2. The van der Waals surface area contributed by atoms with Crippen molar-refractivity contribution in [2.45, 2.75) is 31.3 Å². The van der Waals surface area contributed by atoms with E-state index in [2.05, 4.69) is 5.32 Å². The first-order valence-corrected chi connectivity index (χ1v) is 10.0. The summed E-state index contributed by atoms with van der Waals surface area (Å²) in [5.41, 5.74) is 7.50. The molecule has 0 radical (unpaired) electrons. The molecule has 0 aliphatic carbocycles. The Balaban J connectivity index is 0.00000364. The number of nitrogens with one attached hydrogen (secondary N) is 1. The minimum absolute atomic E-state index is 0. The Kier molecular flexibility index (Phi) is 8.92. The number of nitrogens with zero attached hydrogens (tertiary/aromatic N) is 1. The lowest BCUT2D eigenvalue weighted by Crippen LogP contribution is -2.33. The first kappa shape index (κ1) is 23.1. The van der Waals surface area contributed by atoms with E-state index >= 15 is 0 Å². The molecule has 0 aromatic heterocycles. The Hall–Kier alpha value is -1.93. The van der Waals surface area contributed by atoms with E-state index in [9.17, 15) is 13.2 Å². The highest BCUT2D eigenvalue weighted by atomic mass is 35.5. The Morgan fingerprint density at radius 1 is 1.04 bits per heavy atom. The Morgan fingerprint density at radius 2 is 1.59 bits per heavy atom. The molecule has 0 aliphatic heterocycles. The summed E-state index contributed by atoms with van der Waals surface area (Å²) in [6, 6.07) is 14.9. The molecule has 1 amide bonds. The molecule has 8 heteroatoms. The first-order chi connectivity index (χ1) is 12.4. The fraction of sp³-hybridized carbons (Fsp3) is 0.316. The number of hydrogen-bond donors (Lipinski definition) is 2.